The number of nitro groups is 4. The zero-order chi connectivity index (χ0) is 46.3. The summed E-state index contributed by atoms with van der Waals surface area (Å²) in [6.07, 6.45) is 0. The van der Waals surface area contributed by atoms with E-state index in [9.17, 15) is 50.0 Å². The molecule has 63 heavy (non-hydrogen) atoms. The van der Waals surface area contributed by atoms with Crippen molar-refractivity contribution in [3.63, 3.8) is 0 Å². The maximum absolute atomic E-state index is 13.0. The molecule has 26 nitrogen and oxygen atoms in total. The van der Waals surface area contributed by atoms with Crippen LogP contribution in [0.5, 0.6) is 11.8 Å². The first kappa shape index (κ1) is 46.0. The monoisotopic (exact) mass is 876 g/mol. The second kappa shape index (κ2) is 19.5. The zero-order valence-corrected chi connectivity index (χ0v) is 35.3. The van der Waals surface area contributed by atoms with E-state index >= 15 is 0 Å². The lowest BCUT2D eigenvalue weighted by Gasteiger charge is -2.37. The number of amides is 4. The van der Waals surface area contributed by atoms with E-state index in [2.05, 4.69) is 25.3 Å². The number of ether oxygens (including phenoxy) is 2. The molecule has 2 aliphatic rings. The standard InChI is InChI=1S/C19H23N7O6.C18H21N7O6/c1-12-13(2)21-18(32-4)17(20-12)22(3)19(27)24-7-5-23(6-8-24)14-9-15(25(28)29)11-16(10-14)26(30)31;1-11-12(2)20-17(31-3)16(19-11)21-18(26)23-6-4-22(5-7-23)13-8-14(24(27)28)10-15(9-13)25(29)30/h9-11H,5-8H2,1-4H3;8-10H,4-7H2,1-3H3,(H,19,21,26). The quantitative estimate of drug-likeness (QED) is 0.168. The molecule has 4 aromatic rings. The molecule has 2 aromatic carbocycles. The molecule has 2 saturated heterocycles. The van der Waals surface area contributed by atoms with E-state index < -0.39 is 19.7 Å². The van der Waals surface area contributed by atoms with Crippen LogP contribution >= 0.6 is 0 Å². The Hall–Kier alpha value is -8.06. The number of urea groups is 2. The van der Waals surface area contributed by atoms with Crippen molar-refractivity contribution in [3.05, 3.63) is 99.6 Å². The highest BCUT2D eigenvalue weighted by Crippen LogP contribution is 2.31. The van der Waals surface area contributed by atoms with Crippen LogP contribution in [-0.2, 0) is 0 Å². The number of carbonyl (C=O) groups is 2. The van der Waals surface area contributed by atoms with Gasteiger partial charge in [-0.25, -0.2) is 29.5 Å². The van der Waals surface area contributed by atoms with E-state index in [1.165, 1.54) is 43.4 Å². The van der Waals surface area contributed by atoms with Crippen molar-refractivity contribution < 1.29 is 38.8 Å². The summed E-state index contributed by atoms with van der Waals surface area (Å²) in [6.45, 7) is 9.81. The summed E-state index contributed by atoms with van der Waals surface area (Å²) in [4.78, 5) is 92.9. The Labute approximate surface area is 358 Å². The third kappa shape index (κ3) is 10.8. The third-order valence-electron chi connectivity index (χ3n) is 10.2. The van der Waals surface area contributed by atoms with Crippen molar-refractivity contribution in [1.82, 2.24) is 29.7 Å². The maximum atomic E-state index is 13.0. The summed E-state index contributed by atoms with van der Waals surface area (Å²) in [5, 5.41) is 47.2. The number of nitro benzene ring substituents is 4. The van der Waals surface area contributed by atoms with Crippen molar-refractivity contribution in [2.45, 2.75) is 27.7 Å². The first-order valence-electron chi connectivity index (χ1n) is 19.1. The van der Waals surface area contributed by atoms with Crippen molar-refractivity contribution in [2.24, 2.45) is 0 Å². The van der Waals surface area contributed by atoms with E-state index in [4.69, 9.17) is 9.47 Å². The Morgan fingerprint density at radius 3 is 1.33 bits per heavy atom. The van der Waals surface area contributed by atoms with E-state index in [1.807, 2.05) is 0 Å². The molecule has 0 atom stereocenters. The van der Waals surface area contributed by atoms with E-state index in [0.717, 1.165) is 12.1 Å². The van der Waals surface area contributed by atoms with Gasteiger partial charge in [0.05, 0.1) is 80.2 Å². The van der Waals surface area contributed by atoms with Crippen molar-refractivity contribution in [3.8, 4) is 11.8 Å². The van der Waals surface area contributed by atoms with Crippen molar-refractivity contribution >= 4 is 57.8 Å². The van der Waals surface area contributed by atoms with Crippen LogP contribution in [0.4, 0.5) is 55.3 Å². The number of piperazine rings is 2. The highest BCUT2D eigenvalue weighted by Gasteiger charge is 2.30. The summed E-state index contributed by atoms with van der Waals surface area (Å²) < 4.78 is 10.5. The summed E-state index contributed by atoms with van der Waals surface area (Å²) in [6, 6.07) is 6.34. The van der Waals surface area contributed by atoms with Gasteiger partial charge in [-0.3, -0.25) is 50.7 Å². The number of nitrogens with zero attached hydrogens (tertiary/aromatic N) is 13. The lowest BCUT2D eigenvalue weighted by molar-refractivity contribution is -0.394. The highest BCUT2D eigenvalue weighted by molar-refractivity contribution is 5.92. The molecule has 0 unspecified atom stereocenters. The fourth-order valence-corrected chi connectivity index (χ4v) is 6.49. The minimum absolute atomic E-state index is 0.207. The normalized spacial score (nSPS) is 13.6. The van der Waals surface area contributed by atoms with Crippen molar-refractivity contribution in [1.29, 1.82) is 0 Å². The predicted molar refractivity (Wildman–Crippen MR) is 226 cm³/mol. The van der Waals surface area contributed by atoms with E-state index in [-0.39, 0.29) is 52.4 Å². The van der Waals surface area contributed by atoms with E-state index in [0.29, 0.717) is 92.3 Å². The second-order valence-electron chi connectivity index (χ2n) is 14.1. The van der Waals surface area contributed by atoms with Crippen LogP contribution in [-0.4, -0.2) is 135 Å². The smallest absolute Gasteiger partial charge is 0.325 e. The van der Waals surface area contributed by atoms with Gasteiger partial charge >= 0.3 is 12.1 Å². The molecule has 4 amide bonds. The average molecular weight is 877 g/mol. The number of aromatic nitrogens is 4. The molecule has 0 spiro atoms. The first-order valence-corrected chi connectivity index (χ1v) is 19.1. The molecule has 4 heterocycles. The zero-order valence-electron chi connectivity index (χ0n) is 35.3. The molecular formula is C37H44N14O12. The maximum Gasteiger partial charge on any atom is 0.325 e. The molecule has 2 aliphatic heterocycles. The number of non-ortho nitro benzene ring substituents is 4. The van der Waals surface area contributed by atoms with Crippen LogP contribution in [0.2, 0.25) is 0 Å². The van der Waals surface area contributed by atoms with Gasteiger partial charge in [0.2, 0.25) is 0 Å². The Morgan fingerprint density at radius 1 is 0.571 bits per heavy atom. The lowest BCUT2D eigenvalue weighted by Crippen LogP contribution is -2.52. The summed E-state index contributed by atoms with van der Waals surface area (Å²) >= 11 is 0. The number of benzene rings is 2. The van der Waals surface area contributed by atoms with Gasteiger partial charge < -0.3 is 29.1 Å². The van der Waals surface area contributed by atoms with Gasteiger partial charge in [0.25, 0.3) is 34.5 Å². The molecule has 334 valence electrons. The van der Waals surface area contributed by atoms with Gasteiger partial charge in [0.1, 0.15) is 0 Å². The number of hydrogen-bond donors (Lipinski definition) is 1. The molecule has 0 bridgehead atoms. The fraction of sp³-hybridized carbons (Fsp3) is 0.405. The Balaban J connectivity index is 0.000000238. The topological polar surface area (TPSA) is 305 Å². The largest absolute Gasteiger partial charge is 0.478 e. The average Bonchev–Trinajstić information content (AvgIpc) is 3.27. The Morgan fingerprint density at radius 2 is 0.937 bits per heavy atom. The van der Waals surface area contributed by atoms with Gasteiger partial charge in [-0.1, -0.05) is 0 Å². The highest BCUT2D eigenvalue weighted by atomic mass is 16.6. The third-order valence-corrected chi connectivity index (χ3v) is 10.2. The van der Waals surface area contributed by atoms with Crippen LogP contribution in [0.25, 0.3) is 0 Å². The minimum atomic E-state index is -0.668. The van der Waals surface area contributed by atoms with Gasteiger partial charge in [0.15, 0.2) is 11.6 Å². The van der Waals surface area contributed by atoms with Crippen LogP contribution in [0.1, 0.15) is 22.8 Å². The Kier molecular flexibility index (Phi) is 14.3. The number of carbonyl (C=O) groups excluding carboxylic acids is 2. The number of rotatable bonds is 10. The van der Waals surface area contributed by atoms with Gasteiger partial charge in [-0.05, 0) is 27.7 Å². The number of nitrogens with one attached hydrogen (secondary N) is 1. The number of hydrogen-bond acceptors (Lipinski definition) is 18. The molecule has 0 radical (unpaired) electrons. The molecule has 26 heteroatoms. The molecule has 0 saturated carbocycles. The van der Waals surface area contributed by atoms with Gasteiger partial charge in [-0.2, -0.15) is 0 Å². The summed E-state index contributed by atoms with van der Waals surface area (Å²) in [5.41, 5.74) is 2.04. The fourth-order valence-electron chi connectivity index (χ4n) is 6.49. The molecule has 2 fully saturated rings. The molecule has 2 aromatic heterocycles. The van der Waals surface area contributed by atoms with Crippen LogP contribution in [0.15, 0.2) is 36.4 Å². The molecule has 6 rings (SSSR count). The lowest BCUT2D eigenvalue weighted by atomic mass is 10.2. The van der Waals surface area contributed by atoms with Gasteiger partial charge in [-0.15, -0.1) is 0 Å². The minimum Gasteiger partial charge on any atom is -0.478 e. The van der Waals surface area contributed by atoms with Gasteiger partial charge in [0, 0.05) is 83.7 Å². The molecular weight excluding hydrogens is 832 g/mol. The Bertz CT molecular complexity index is 2370. The first-order chi connectivity index (χ1) is 29.8. The SMILES string of the molecule is COc1nc(C)c(C)nc1N(C)C(=O)N1CCN(c2cc([N+](=O)[O-])cc([N+](=O)[O-])c2)CC1.COc1nc(C)c(C)nc1NC(=O)N1CCN(c2cc([N+](=O)[O-])cc([N+](=O)[O-])c2)CC1. The van der Waals surface area contributed by atoms with Crippen LogP contribution in [0.3, 0.4) is 0 Å². The van der Waals surface area contributed by atoms with Crippen LogP contribution < -0.4 is 29.5 Å². The number of methoxy groups -OCH3 is 2. The van der Waals surface area contributed by atoms with Crippen LogP contribution in [0, 0.1) is 68.2 Å². The second-order valence-corrected chi connectivity index (χ2v) is 14.1. The van der Waals surface area contributed by atoms with Crippen molar-refractivity contribution in [2.75, 3.05) is 93.6 Å². The number of aryl methyl sites for hydroxylation is 4. The summed E-state index contributed by atoms with van der Waals surface area (Å²) in [5.74, 6) is 0.968. The molecule has 0 aliphatic carbocycles. The molecule has 1 N–H and O–H groups in total. The van der Waals surface area contributed by atoms with E-state index in [1.54, 1.807) is 54.3 Å². The predicted octanol–water partition coefficient (Wildman–Crippen LogP) is 4.57. The summed E-state index contributed by atoms with van der Waals surface area (Å²) in [7, 11) is 4.48. The number of anilines is 4.